The van der Waals surface area contributed by atoms with Gasteiger partial charge in [0.2, 0.25) is 0 Å². The van der Waals surface area contributed by atoms with Gasteiger partial charge < -0.3 is 4.74 Å². The summed E-state index contributed by atoms with van der Waals surface area (Å²) in [7, 11) is 0. The number of ether oxygens (including phenoxy) is 1. The highest BCUT2D eigenvalue weighted by atomic mass is 16.5. The van der Waals surface area contributed by atoms with Crippen molar-refractivity contribution in [1.82, 2.24) is 0 Å². The molecule has 0 fully saturated rings. The van der Waals surface area contributed by atoms with Gasteiger partial charge in [-0.25, -0.2) is 0 Å². The smallest absolute Gasteiger partial charge is 0.0997 e. The van der Waals surface area contributed by atoms with Gasteiger partial charge in [-0.05, 0) is 30.9 Å². The SMILES string of the molecule is CCOC1=C(c2ccccc2)CCC1. The third kappa shape index (κ3) is 1.82. The van der Waals surface area contributed by atoms with Gasteiger partial charge in [0.1, 0.15) is 0 Å². The van der Waals surface area contributed by atoms with Crippen molar-refractivity contribution in [2.45, 2.75) is 26.2 Å². The van der Waals surface area contributed by atoms with E-state index < -0.39 is 0 Å². The maximum Gasteiger partial charge on any atom is 0.0997 e. The quantitative estimate of drug-likeness (QED) is 0.704. The van der Waals surface area contributed by atoms with Gasteiger partial charge in [-0.2, -0.15) is 0 Å². The highest BCUT2D eigenvalue weighted by Crippen LogP contribution is 2.34. The number of hydrogen-bond acceptors (Lipinski definition) is 1. The highest BCUT2D eigenvalue weighted by molar-refractivity contribution is 5.69. The van der Waals surface area contributed by atoms with Gasteiger partial charge in [0.15, 0.2) is 0 Å². The second-order valence-corrected chi connectivity index (χ2v) is 3.55. The molecule has 0 bridgehead atoms. The predicted molar refractivity (Wildman–Crippen MR) is 58.8 cm³/mol. The molecule has 0 saturated carbocycles. The molecule has 1 nitrogen and oxygen atoms in total. The Morgan fingerprint density at radius 3 is 2.64 bits per heavy atom. The van der Waals surface area contributed by atoms with Gasteiger partial charge in [-0.15, -0.1) is 0 Å². The van der Waals surface area contributed by atoms with E-state index >= 15 is 0 Å². The maximum atomic E-state index is 5.65. The van der Waals surface area contributed by atoms with E-state index in [4.69, 9.17) is 4.74 Å². The Labute approximate surface area is 85.4 Å². The van der Waals surface area contributed by atoms with Crippen molar-refractivity contribution in [2.75, 3.05) is 6.61 Å². The average molecular weight is 188 g/mol. The van der Waals surface area contributed by atoms with Crippen LogP contribution in [0.5, 0.6) is 0 Å². The van der Waals surface area contributed by atoms with Crippen LogP contribution in [0.2, 0.25) is 0 Å². The fourth-order valence-corrected chi connectivity index (χ4v) is 1.99. The molecular formula is C13H16O. The van der Waals surface area contributed by atoms with E-state index in [-0.39, 0.29) is 0 Å². The Hall–Kier alpha value is -1.24. The van der Waals surface area contributed by atoms with Crippen LogP contribution in [0.25, 0.3) is 5.57 Å². The molecule has 0 unspecified atom stereocenters. The molecule has 0 heterocycles. The summed E-state index contributed by atoms with van der Waals surface area (Å²) in [6.07, 6.45) is 3.51. The van der Waals surface area contributed by atoms with Crippen LogP contribution >= 0.6 is 0 Å². The van der Waals surface area contributed by atoms with Crippen LogP contribution in [0, 0.1) is 0 Å². The van der Waals surface area contributed by atoms with Crippen LogP contribution in [0.15, 0.2) is 36.1 Å². The molecule has 0 atom stereocenters. The van der Waals surface area contributed by atoms with E-state index in [1.54, 1.807) is 0 Å². The molecule has 0 saturated heterocycles. The zero-order valence-electron chi connectivity index (χ0n) is 8.62. The zero-order chi connectivity index (χ0) is 9.80. The molecular weight excluding hydrogens is 172 g/mol. The molecule has 0 aromatic heterocycles. The van der Waals surface area contributed by atoms with Gasteiger partial charge in [-0.3, -0.25) is 0 Å². The minimum absolute atomic E-state index is 0.783. The minimum atomic E-state index is 0.783. The summed E-state index contributed by atoms with van der Waals surface area (Å²) in [4.78, 5) is 0. The minimum Gasteiger partial charge on any atom is -0.498 e. The third-order valence-corrected chi connectivity index (χ3v) is 2.61. The summed E-state index contributed by atoms with van der Waals surface area (Å²) >= 11 is 0. The van der Waals surface area contributed by atoms with Crippen LogP contribution in [0.4, 0.5) is 0 Å². The monoisotopic (exact) mass is 188 g/mol. The maximum absolute atomic E-state index is 5.65. The second-order valence-electron chi connectivity index (χ2n) is 3.55. The standard InChI is InChI=1S/C13H16O/c1-2-14-13-10-6-9-12(13)11-7-4-3-5-8-11/h3-5,7-8H,2,6,9-10H2,1H3. The van der Waals surface area contributed by atoms with E-state index in [1.807, 2.05) is 6.92 Å². The Balaban J connectivity index is 2.28. The summed E-state index contributed by atoms with van der Waals surface area (Å²) in [5, 5.41) is 0. The fourth-order valence-electron chi connectivity index (χ4n) is 1.99. The third-order valence-electron chi connectivity index (χ3n) is 2.61. The average Bonchev–Trinajstić information content (AvgIpc) is 2.68. The van der Waals surface area contributed by atoms with E-state index in [1.165, 1.54) is 29.7 Å². The van der Waals surface area contributed by atoms with E-state index in [2.05, 4.69) is 30.3 Å². The van der Waals surface area contributed by atoms with Gasteiger partial charge in [0.05, 0.1) is 12.4 Å². The van der Waals surface area contributed by atoms with Gasteiger partial charge >= 0.3 is 0 Å². The van der Waals surface area contributed by atoms with Gasteiger partial charge in [0.25, 0.3) is 0 Å². The molecule has 0 aliphatic heterocycles. The molecule has 1 aromatic rings. The first-order valence-electron chi connectivity index (χ1n) is 5.32. The summed E-state index contributed by atoms with van der Waals surface area (Å²) in [6, 6.07) is 10.6. The van der Waals surface area contributed by atoms with E-state index in [0.717, 1.165) is 13.0 Å². The van der Waals surface area contributed by atoms with Crippen molar-refractivity contribution in [1.29, 1.82) is 0 Å². The number of benzene rings is 1. The lowest BCUT2D eigenvalue weighted by molar-refractivity contribution is 0.224. The van der Waals surface area contributed by atoms with Crippen molar-refractivity contribution >= 4 is 5.57 Å². The Morgan fingerprint density at radius 1 is 1.14 bits per heavy atom. The Morgan fingerprint density at radius 2 is 1.93 bits per heavy atom. The lowest BCUT2D eigenvalue weighted by atomic mass is 10.1. The van der Waals surface area contributed by atoms with Gasteiger partial charge in [0, 0.05) is 6.42 Å². The second kappa shape index (κ2) is 4.32. The lowest BCUT2D eigenvalue weighted by Crippen LogP contribution is -1.91. The molecule has 2 rings (SSSR count). The zero-order valence-corrected chi connectivity index (χ0v) is 8.62. The molecule has 0 spiro atoms. The summed E-state index contributed by atoms with van der Waals surface area (Å²) in [6.45, 7) is 2.83. The van der Waals surface area contributed by atoms with Crippen molar-refractivity contribution in [3.05, 3.63) is 41.7 Å². The molecule has 14 heavy (non-hydrogen) atoms. The summed E-state index contributed by atoms with van der Waals surface area (Å²) in [5.41, 5.74) is 2.74. The number of allylic oxidation sites excluding steroid dienone is 2. The molecule has 1 aliphatic rings. The lowest BCUT2D eigenvalue weighted by Gasteiger charge is -2.07. The largest absolute Gasteiger partial charge is 0.498 e. The predicted octanol–water partition coefficient (Wildman–Crippen LogP) is 3.62. The van der Waals surface area contributed by atoms with Crippen molar-refractivity contribution in [3.63, 3.8) is 0 Å². The van der Waals surface area contributed by atoms with Crippen molar-refractivity contribution in [3.8, 4) is 0 Å². The molecule has 1 aliphatic carbocycles. The normalized spacial score (nSPS) is 16.1. The van der Waals surface area contributed by atoms with E-state index in [9.17, 15) is 0 Å². The van der Waals surface area contributed by atoms with Crippen molar-refractivity contribution in [2.24, 2.45) is 0 Å². The van der Waals surface area contributed by atoms with Crippen LogP contribution < -0.4 is 0 Å². The first-order valence-corrected chi connectivity index (χ1v) is 5.32. The molecule has 0 N–H and O–H groups in total. The first kappa shape index (κ1) is 9.32. The summed E-state index contributed by atoms with van der Waals surface area (Å²) in [5.74, 6) is 1.21. The first-order chi connectivity index (χ1) is 6.92. The van der Waals surface area contributed by atoms with Crippen LogP contribution in [-0.2, 0) is 4.74 Å². The Bertz CT molecular complexity index is 324. The molecule has 0 amide bonds. The molecule has 74 valence electrons. The fraction of sp³-hybridized carbons (Fsp3) is 0.385. The number of hydrogen-bond donors (Lipinski definition) is 0. The van der Waals surface area contributed by atoms with Crippen LogP contribution in [0.1, 0.15) is 31.7 Å². The van der Waals surface area contributed by atoms with Crippen LogP contribution in [0.3, 0.4) is 0 Å². The Kier molecular flexibility index (Phi) is 2.87. The highest BCUT2D eigenvalue weighted by Gasteiger charge is 2.16. The summed E-state index contributed by atoms with van der Waals surface area (Å²) < 4.78 is 5.65. The topological polar surface area (TPSA) is 9.23 Å². The van der Waals surface area contributed by atoms with Crippen LogP contribution in [-0.4, -0.2) is 6.61 Å². The van der Waals surface area contributed by atoms with Gasteiger partial charge in [-0.1, -0.05) is 30.3 Å². The molecule has 1 heteroatoms. The van der Waals surface area contributed by atoms with Crippen molar-refractivity contribution < 1.29 is 4.74 Å². The number of rotatable bonds is 3. The molecule has 1 aromatic carbocycles. The van der Waals surface area contributed by atoms with E-state index in [0.29, 0.717) is 0 Å². The molecule has 0 radical (unpaired) electrons.